The Bertz CT molecular complexity index is 686. The van der Waals surface area contributed by atoms with E-state index in [0.29, 0.717) is 0 Å². The van der Waals surface area contributed by atoms with Crippen LogP contribution in [0.4, 0.5) is 0 Å². The zero-order valence-corrected chi connectivity index (χ0v) is 12.7. The number of amides is 1. The normalized spacial score (nSPS) is 19.8. The standard InChI is InChI=1S/C11H11BrN2O5S/c1-19-11-7(4-8(15)9(12)14-11)10(16)13-6-2-3-20(17,18)5-6/h2-4,6,15H,5H2,1H3,(H,13,16). The van der Waals surface area contributed by atoms with Crippen LogP contribution in [0.5, 0.6) is 11.6 Å². The summed E-state index contributed by atoms with van der Waals surface area (Å²) in [5, 5.41) is 13.1. The Morgan fingerprint density at radius 2 is 2.30 bits per heavy atom. The molecule has 0 saturated carbocycles. The van der Waals surface area contributed by atoms with Crippen LogP contribution in [0.25, 0.3) is 0 Å². The molecule has 0 fully saturated rings. The topological polar surface area (TPSA) is 106 Å². The van der Waals surface area contributed by atoms with E-state index in [2.05, 4.69) is 26.2 Å². The first kappa shape index (κ1) is 14.8. The molecule has 1 unspecified atom stereocenters. The van der Waals surface area contributed by atoms with Crippen molar-refractivity contribution in [1.82, 2.24) is 10.3 Å². The van der Waals surface area contributed by atoms with Crippen LogP contribution in [0.2, 0.25) is 0 Å². The van der Waals surface area contributed by atoms with E-state index in [9.17, 15) is 18.3 Å². The van der Waals surface area contributed by atoms with E-state index in [4.69, 9.17) is 4.74 Å². The lowest BCUT2D eigenvalue weighted by atomic mass is 10.2. The first-order valence-electron chi connectivity index (χ1n) is 5.47. The fourth-order valence-electron chi connectivity index (χ4n) is 1.69. The van der Waals surface area contributed by atoms with Crippen LogP contribution < -0.4 is 10.1 Å². The van der Waals surface area contributed by atoms with Gasteiger partial charge in [0.05, 0.1) is 18.9 Å². The molecule has 0 radical (unpaired) electrons. The summed E-state index contributed by atoms with van der Waals surface area (Å²) in [6.45, 7) is 0. The summed E-state index contributed by atoms with van der Waals surface area (Å²) in [5.74, 6) is -0.955. The molecule has 0 aromatic carbocycles. The number of pyridine rings is 1. The number of hydrogen-bond acceptors (Lipinski definition) is 6. The highest BCUT2D eigenvalue weighted by Crippen LogP contribution is 2.28. The van der Waals surface area contributed by atoms with Crippen molar-refractivity contribution in [2.45, 2.75) is 6.04 Å². The van der Waals surface area contributed by atoms with Crippen molar-refractivity contribution in [2.24, 2.45) is 0 Å². The third kappa shape index (κ3) is 3.10. The molecule has 108 valence electrons. The fraction of sp³-hybridized carbons (Fsp3) is 0.273. The van der Waals surface area contributed by atoms with Crippen molar-refractivity contribution >= 4 is 31.7 Å². The predicted molar refractivity (Wildman–Crippen MR) is 74.3 cm³/mol. The van der Waals surface area contributed by atoms with Gasteiger partial charge in [0.25, 0.3) is 5.91 Å². The summed E-state index contributed by atoms with van der Waals surface area (Å²) in [6, 6.07) is 0.585. The third-order valence-corrected chi connectivity index (χ3v) is 4.59. The number of ether oxygens (including phenoxy) is 1. The molecule has 1 aliphatic heterocycles. The SMILES string of the molecule is COc1nc(Br)c(O)cc1C(=O)NC1C=CS(=O)(=O)C1. The Kier molecular flexibility index (Phi) is 4.00. The third-order valence-electron chi connectivity index (χ3n) is 2.61. The Morgan fingerprint density at radius 1 is 1.60 bits per heavy atom. The van der Waals surface area contributed by atoms with Gasteiger partial charge in [0.15, 0.2) is 14.4 Å². The summed E-state index contributed by atoms with van der Waals surface area (Å²) in [6.07, 6.45) is 1.39. The van der Waals surface area contributed by atoms with Gasteiger partial charge >= 0.3 is 0 Å². The van der Waals surface area contributed by atoms with E-state index in [1.807, 2.05) is 0 Å². The molecule has 9 heteroatoms. The molecule has 1 aromatic heterocycles. The number of nitrogens with one attached hydrogen (secondary N) is 1. The van der Waals surface area contributed by atoms with Crippen LogP contribution in [0.1, 0.15) is 10.4 Å². The quantitative estimate of drug-likeness (QED) is 0.762. The molecule has 0 saturated heterocycles. The lowest BCUT2D eigenvalue weighted by Crippen LogP contribution is -2.35. The van der Waals surface area contributed by atoms with E-state index < -0.39 is 21.8 Å². The van der Waals surface area contributed by atoms with Gasteiger partial charge in [-0.2, -0.15) is 0 Å². The average molecular weight is 363 g/mol. The predicted octanol–water partition coefficient (Wildman–Crippen LogP) is 0.599. The molecule has 20 heavy (non-hydrogen) atoms. The van der Waals surface area contributed by atoms with Crippen molar-refractivity contribution in [3.63, 3.8) is 0 Å². The lowest BCUT2D eigenvalue weighted by Gasteiger charge is -2.12. The smallest absolute Gasteiger partial charge is 0.257 e. The van der Waals surface area contributed by atoms with Crippen LogP contribution >= 0.6 is 15.9 Å². The second kappa shape index (κ2) is 5.41. The van der Waals surface area contributed by atoms with Crippen LogP contribution in [-0.2, 0) is 9.84 Å². The molecule has 2 N–H and O–H groups in total. The minimum atomic E-state index is -3.25. The second-order valence-electron chi connectivity index (χ2n) is 4.09. The van der Waals surface area contributed by atoms with Gasteiger partial charge in [-0.3, -0.25) is 4.79 Å². The van der Waals surface area contributed by atoms with E-state index >= 15 is 0 Å². The van der Waals surface area contributed by atoms with Crippen LogP contribution in [-0.4, -0.2) is 43.3 Å². The van der Waals surface area contributed by atoms with Crippen molar-refractivity contribution in [2.75, 3.05) is 12.9 Å². The first-order chi connectivity index (χ1) is 9.32. The second-order valence-corrected chi connectivity index (χ2v) is 6.78. The Morgan fingerprint density at radius 3 is 2.85 bits per heavy atom. The molecule has 7 nitrogen and oxygen atoms in total. The summed E-state index contributed by atoms with van der Waals surface area (Å²) in [4.78, 5) is 15.9. The Balaban J connectivity index is 2.22. The minimum Gasteiger partial charge on any atom is -0.505 e. The molecule has 0 aliphatic carbocycles. The van der Waals surface area contributed by atoms with Crippen LogP contribution in [0.3, 0.4) is 0 Å². The molecular weight excluding hydrogens is 352 g/mol. The fourth-order valence-corrected chi connectivity index (χ4v) is 3.21. The number of carbonyl (C=O) groups is 1. The highest BCUT2D eigenvalue weighted by molar-refractivity contribution is 9.10. The molecule has 1 atom stereocenters. The van der Waals surface area contributed by atoms with E-state index in [1.54, 1.807) is 0 Å². The molecular formula is C11H11BrN2O5S. The molecule has 2 rings (SSSR count). The number of carbonyl (C=O) groups excluding carboxylic acids is 1. The molecule has 2 heterocycles. The first-order valence-corrected chi connectivity index (χ1v) is 7.98. The maximum atomic E-state index is 12.1. The van der Waals surface area contributed by atoms with Gasteiger partial charge in [-0.05, 0) is 22.0 Å². The zero-order chi connectivity index (χ0) is 14.9. The molecule has 1 aromatic rings. The van der Waals surface area contributed by atoms with Gasteiger partial charge in [-0.15, -0.1) is 0 Å². The Labute approximate surface area is 123 Å². The van der Waals surface area contributed by atoms with Crippen molar-refractivity contribution in [3.8, 4) is 11.6 Å². The van der Waals surface area contributed by atoms with Gasteiger partial charge in [0.1, 0.15) is 11.3 Å². The number of aromatic hydroxyl groups is 1. The summed E-state index contributed by atoms with van der Waals surface area (Å²) in [5.41, 5.74) is 0.0193. The van der Waals surface area contributed by atoms with Crippen molar-refractivity contribution in [3.05, 3.63) is 27.7 Å². The number of halogens is 1. The summed E-state index contributed by atoms with van der Waals surface area (Å²) in [7, 11) is -1.92. The maximum absolute atomic E-state index is 12.1. The molecule has 0 bridgehead atoms. The zero-order valence-electron chi connectivity index (χ0n) is 10.3. The number of sulfone groups is 1. The number of methoxy groups -OCH3 is 1. The van der Waals surface area contributed by atoms with Crippen LogP contribution in [0.15, 0.2) is 22.2 Å². The van der Waals surface area contributed by atoms with Crippen LogP contribution in [0, 0.1) is 0 Å². The summed E-state index contributed by atoms with van der Waals surface area (Å²) >= 11 is 3.01. The number of hydrogen-bond donors (Lipinski definition) is 2. The van der Waals surface area contributed by atoms with Crippen molar-refractivity contribution < 1.29 is 23.1 Å². The lowest BCUT2D eigenvalue weighted by molar-refractivity contribution is 0.0943. The van der Waals surface area contributed by atoms with E-state index in [1.165, 1.54) is 19.3 Å². The maximum Gasteiger partial charge on any atom is 0.257 e. The molecule has 1 amide bonds. The number of rotatable bonds is 3. The van der Waals surface area contributed by atoms with E-state index in [0.717, 1.165) is 5.41 Å². The highest BCUT2D eigenvalue weighted by Gasteiger charge is 2.25. The Hall–Kier alpha value is -1.61. The largest absolute Gasteiger partial charge is 0.505 e. The van der Waals surface area contributed by atoms with Gasteiger partial charge in [0, 0.05) is 11.5 Å². The van der Waals surface area contributed by atoms with Crippen molar-refractivity contribution in [1.29, 1.82) is 0 Å². The van der Waals surface area contributed by atoms with E-state index in [-0.39, 0.29) is 27.5 Å². The monoisotopic (exact) mass is 362 g/mol. The van der Waals surface area contributed by atoms with Gasteiger partial charge in [0.2, 0.25) is 5.88 Å². The highest BCUT2D eigenvalue weighted by atomic mass is 79.9. The minimum absolute atomic E-state index is 0.0193. The van der Waals surface area contributed by atoms with Gasteiger partial charge in [-0.1, -0.05) is 0 Å². The average Bonchev–Trinajstić information content (AvgIpc) is 2.71. The molecule has 1 aliphatic rings. The van der Waals surface area contributed by atoms with Gasteiger partial charge in [-0.25, -0.2) is 13.4 Å². The number of nitrogens with zero attached hydrogens (tertiary/aromatic N) is 1. The van der Waals surface area contributed by atoms with Gasteiger partial charge < -0.3 is 15.2 Å². The number of aromatic nitrogens is 1. The summed E-state index contributed by atoms with van der Waals surface area (Å²) < 4.78 is 27.6. The molecule has 0 spiro atoms.